The summed E-state index contributed by atoms with van der Waals surface area (Å²) < 4.78 is 40.0. The highest BCUT2D eigenvalue weighted by Crippen LogP contribution is 2.38. The van der Waals surface area contributed by atoms with Gasteiger partial charge in [-0.25, -0.2) is 8.78 Å². The monoisotopic (exact) mass is 627 g/mol. The van der Waals surface area contributed by atoms with Crippen LogP contribution < -0.4 is 9.47 Å². The molecule has 5 nitrogen and oxygen atoms in total. The molecule has 1 aliphatic heterocycles. The molecular weight excluding hydrogens is 611 g/mol. The summed E-state index contributed by atoms with van der Waals surface area (Å²) >= 11 is 8.86. The molecule has 3 aromatic rings. The second-order valence-corrected chi connectivity index (χ2v) is 9.94. The van der Waals surface area contributed by atoms with Gasteiger partial charge in [0.1, 0.15) is 18.2 Å². The van der Waals surface area contributed by atoms with Gasteiger partial charge in [-0.1, -0.05) is 35.9 Å². The summed E-state index contributed by atoms with van der Waals surface area (Å²) in [5.74, 6) is -0.697. The van der Waals surface area contributed by atoms with E-state index in [4.69, 9.17) is 21.1 Å². The second-order valence-electron chi connectivity index (χ2n) is 7.38. The number of benzene rings is 3. The largest absolute Gasteiger partial charge is 0.493 e. The molecule has 0 bridgehead atoms. The summed E-state index contributed by atoms with van der Waals surface area (Å²) in [6, 6.07) is 13.9. The maximum atomic E-state index is 14.2. The minimum atomic E-state index is -0.592. The molecule has 3 aromatic carbocycles. The average molecular weight is 628 g/mol. The van der Waals surface area contributed by atoms with Crippen molar-refractivity contribution >= 4 is 63.2 Å². The van der Waals surface area contributed by atoms with Gasteiger partial charge in [-0.3, -0.25) is 14.5 Å². The number of amides is 2. The number of hydrogen-bond acceptors (Lipinski definition) is 5. The summed E-state index contributed by atoms with van der Waals surface area (Å²) in [7, 11) is 1.47. The Hall–Kier alpha value is -2.63. The van der Waals surface area contributed by atoms with E-state index in [1.807, 2.05) is 0 Å². The van der Waals surface area contributed by atoms with E-state index in [2.05, 4.69) is 22.6 Å². The van der Waals surface area contributed by atoms with Crippen LogP contribution in [0.1, 0.15) is 16.7 Å². The molecule has 0 N–H and O–H groups in total. The molecule has 1 aliphatic rings. The number of thioether (sulfide) groups is 1. The van der Waals surface area contributed by atoms with Crippen molar-refractivity contribution in [3.05, 3.63) is 96.4 Å². The summed E-state index contributed by atoms with van der Waals surface area (Å²) in [4.78, 5) is 26.5. The van der Waals surface area contributed by atoms with E-state index in [0.717, 1.165) is 16.7 Å². The third-order valence-electron chi connectivity index (χ3n) is 5.13. The highest BCUT2D eigenvalue weighted by atomic mass is 127. The molecule has 35 heavy (non-hydrogen) atoms. The highest BCUT2D eigenvalue weighted by molar-refractivity contribution is 14.1. The minimum absolute atomic E-state index is 0.00980. The van der Waals surface area contributed by atoms with E-state index in [0.29, 0.717) is 26.2 Å². The lowest BCUT2D eigenvalue weighted by atomic mass is 10.1. The molecule has 0 radical (unpaired) electrons. The Bertz CT molecular complexity index is 1330. The van der Waals surface area contributed by atoms with Crippen molar-refractivity contribution in [2.24, 2.45) is 0 Å². The smallest absolute Gasteiger partial charge is 0.293 e. The van der Waals surface area contributed by atoms with Gasteiger partial charge in [0.15, 0.2) is 11.5 Å². The Balaban J connectivity index is 1.56. The van der Waals surface area contributed by atoms with E-state index >= 15 is 0 Å². The first-order valence-corrected chi connectivity index (χ1v) is 12.5. The van der Waals surface area contributed by atoms with Crippen molar-refractivity contribution < 1.29 is 27.8 Å². The molecule has 180 valence electrons. The van der Waals surface area contributed by atoms with E-state index in [-0.39, 0.29) is 34.5 Å². The molecule has 4 rings (SSSR count). The number of halogens is 4. The Morgan fingerprint density at radius 2 is 1.83 bits per heavy atom. The zero-order valence-corrected chi connectivity index (χ0v) is 21.9. The number of carbonyl (C=O) groups excluding carboxylic acids is 2. The third-order valence-corrected chi connectivity index (χ3v) is 7.19. The SMILES string of the molecule is COc1cc(C=C2SC(=O)N(Cc3c(F)cccc3Cl)C2=O)cc(I)c1OCc1ccccc1F. The van der Waals surface area contributed by atoms with E-state index < -0.39 is 17.0 Å². The number of nitrogens with zero attached hydrogens (tertiary/aromatic N) is 1. The number of carbonyl (C=O) groups is 2. The molecule has 0 aliphatic carbocycles. The Morgan fingerprint density at radius 1 is 1.09 bits per heavy atom. The Morgan fingerprint density at radius 3 is 2.54 bits per heavy atom. The first kappa shape index (κ1) is 25.5. The van der Waals surface area contributed by atoms with Crippen molar-refractivity contribution in [3.8, 4) is 11.5 Å². The molecule has 0 unspecified atom stereocenters. The minimum Gasteiger partial charge on any atom is -0.493 e. The zero-order chi connectivity index (χ0) is 25.1. The fourth-order valence-electron chi connectivity index (χ4n) is 3.36. The van der Waals surface area contributed by atoms with Gasteiger partial charge in [-0.15, -0.1) is 0 Å². The predicted molar refractivity (Wildman–Crippen MR) is 139 cm³/mol. The van der Waals surface area contributed by atoms with Gasteiger partial charge in [0.2, 0.25) is 0 Å². The number of hydrogen-bond donors (Lipinski definition) is 0. The normalized spacial score (nSPS) is 14.7. The van der Waals surface area contributed by atoms with Crippen molar-refractivity contribution in [1.29, 1.82) is 0 Å². The van der Waals surface area contributed by atoms with Gasteiger partial charge in [-0.2, -0.15) is 0 Å². The lowest BCUT2D eigenvalue weighted by Gasteiger charge is -2.15. The summed E-state index contributed by atoms with van der Waals surface area (Å²) in [5.41, 5.74) is 1.07. The van der Waals surface area contributed by atoms with Gasteiger partial charge in [0, 0.05) is 16.1 Å². The van der Waals surface area contributed by atoms with Crippen LogP contribution in [0.5, 0.6) is 11.5 Å². The van der Waals surface area contributed by atoms with Gasteiger partial charge in [-0.05, 0) is 76.3 Å². The summed E-state index contributed by atoms with van der Waals surface area (Å²) in [5, 5.41) is -0.384. The molecule has 0 spiro atoms. The second kappa shape index (κ2) is 11.0. The zero-order valence-electron chi connectivity index (χ0n) is 18.2. The van der Waals surface area contributed by atoms with Crippen LogP contribution in [0.25, 0.3) is 6.08 Å². The molecule has 1 heterocycles. The lowest BCUT2D eigenvalue weighted by Crippen LogP contribution is -2.28. The van der Waals surface area contributed by atoms with E-state index in [9.17, 15) is 18.4 Å². The third kappa shape index (κ3) is 5.62. The van der Waals surface area contributed by atoms with Gasteiger partial charge in [0.25, 0.3) is 11.1 Å². The van der Waals surface area contributed by atoms with Crippen molar-refractivity contribution in [2.75, 3.05) is 7.11 Å². The predicted octanol–water partition coefficient (Wildman–Crippen LogP) is 7.05. The maximum Gasteiger partial charge on any atom is 0.293 e. The topological polar surface area (TPSA) is 55.8 Å². The van der Waals surface area contributed by atoms with Crippen LogP contribution in [0.3, 0.4) is 0 Å². The molecule has 0 saturated carbocycles. The van der Waals surface area contributed by atoms with Crippen LogP contribution in [-0.2, 0) is 17.9 Å². The lowest BCUT2D eigenvalue weighted by molar-refractivity contribution is -0.123. The van der Waals surface area contributed by atoms with Gasteiger partial charge >= 0.3 is 0 Å². The standard InChI is InChI=1S/C25H17ClF2INO4S/c1-33-21-10-14(9-20(29)23(21)34-13-15-5-2-3-7-18(15)27)11-22-24(31)30(25(32)35-22)12-16-17(26)6-4-8-19(16)28/h2-11H,12-13H2,1H3. The molecule has 0 atom stereocenters. The molecule has 1 saturated heterocycles. The molecular formula is C25H17ClF2INO4S. The first-order valence-electron chi connectivity index (χ1n) is 10.2. The van der Waals surface area contributed by atoms with Crippen molar-refractivity contribution in [2.45, 2.75) is 13.2 Å². The number of rotatable bonds is 7. The summed E-state index contributed by atoms with van der Waals surface area (Å²) in [6.45, 7) is -0.257. The van der Waals surface area contributed by atoms with Crippen LogP contribution in [0, 0.1) is 15.2 Å². The van der Waals surface area contributed by atoms with Crippen LogP contribution in [0.15, 0.2) is 59.5 Å². The Labute approximate surface area is 223 Å². The van der Waals surface area contributed by atoms with Gasteiger partial charge in [0.05, 0.1) is 22.1 Å². The van der Waals surface area contributed by atoms with E-state index in [1.165, 1.54) is 31.4 Å². The van der Waals surface area contributed by atoms with Crippen LogP contribution in [-0.4, -0.2) is 23.2 Å². The quantitative estimate of drug-likeness (QED) is 0.208. The number of imide groups is 1. The molecule has 0 aromatic heterocycles. The van der Waals surface area contributed by atoms with Crippen LogP contribution in [0.4, 0.5) is 13.6 Å². The fourth-order valence-corrected chi connectivity index (χ4v) is 5.20. The van der Waals surface area contributed by atoms with E-state index in [1.54, 1.807) is 36.4 Å². The number of ether oxygens (including phenoxy) is 2. The highest BCUT2D eigenvalue weighted by Gasteiger charge is 2.36. The molecule has 1 fully saturated rings. The first-order chi connectivity index (χ1) is 16.8. The molecule has 2 amide bonds. The Kier molecular flexibility index (Phi) is 7.98. The number of methoxy groups -OCH3 is 1. The van der Waals surface area contributed by atoms with Crippen LogP contribution >= 0.6 is 46.0 Å². The van der Waals surface area contributed by atoms with Crippen molar-refractivity contribution in [1.82, 2.24) is 4.90 Å². The fraction of sp³-hybridized carbons (Fsp3) is 0.120. The average Bonchev–Trinajstić information content (AvgIpc) is 3.08. The maximum absolute atomic E-state index is 14.2. The summed E-state index contributed by atoms with van der Waals surface area (Å²) in [6.07, 6.45) is 1.55. The van der Waals surface area contributed by atoms with Gasteiger partial charge < -0.3 is 9.47 Å². The van der Waals surface area contributed by atoms with Crippen molar-refractivity contribution in [3.63, 3.8) is 0 Å². The van der Waals surface area contributed by atoms with Crippen LogP contribution in [0.2, 0.25) is 5.02 Å². The molecule has 10 heteroatoms.